The first-order chi connectivity index (χ1) is 10.1. The molecule has 1 aromatic carbocycles. The Kier molecular flexibility index (Phi) is 4.83. The van der Waals surface area contributed by atoms with Crippen molar-refractivity contribution in [1.29, 1.82) is 0 Å². The van der Waals surface area contributed by atoms with Gasteiger partial charge < -0.3 is 5.32 Å². The molecule has 0 bridgehead atoms. The fourth-order valence-corrected chi connectivity index (χ4v) is 1.63. The van der Waals surface area contributed by atoms with Crippen molar-refractivity contribution in [3.8, 4) is 11.4 Å². The molecule has 2 N–H and O–H groups in total. The molecule has 0 radical (unpaired) electrons. The lowest BCUT2D eigenvalue weighted by Gasteiger charge is -2.01. The molecular weight excluding hydrogens is 296 g/mol. The zero-order valence-electron chi connectivity index (χ0n) is 11.2. The molecule has 110 valence electrons. The average molecular weight is 309 g/mol. The summed E-state index contributed by atoms with van der Waals surface area (Å²) < 4.78 is 0. The Hall–Kier alpha value is -2.48. The van der Waals surface area contributed by atoms with E-state index in [1.54, 1.807) is 24.3 Å². The van der Waals surface area contributed by atoms with E-state index in [4.69, 9.17) is 11.6 Å². The molecule has 2 rings (SSSR count). The Morgan fingerprint density at radius 1 is 1.29 bits per heavy atom. The van der Waals surface area contributed by atoms with Crippen LogP contribution in [0.5, 0.6) is 0 Å². The minimum absolute atomic E-state index is 0.0733. The van der Waals surface area contributed by atoms with E-state index in [9.17, 15) is 9.59 Å². The number of urea groups is 1. The Bertz CT molecular complexity index is 639. The number of tetrazole rings is 1. The number of rotatable bonds is 4. The predicted octanol–water partition coefficient (Wildman–Crippen LogP) is 0.839. The lowest BCUT2D eigenvalue weighted by atomic mass is 10.2. The number of aryl methyl sites for hydroxylation is 1. The van der Waals surface area contributed by atoms with Gasteiger partial charge in [0.25, 0.3) is 0 Å². The van der Waals surface area contributed by atoms with Crippen molar-refractivity contribution < 1.29 is 9.59 Å². The van der Waals surface area contributed by atoms with Gasteiger partial charge in [-0.2, -0.15) is 4.80 Å². The van der Waals surface area contributed by atoms with Crippen LogP contribution in [0.25, 0.3) is 11.4 Å². The molecule has 0 spiro atoms. The van der Waals surface area contributed by atoms with Crippen molar-refractivity contribution >= 4 is 23.5 Å². The summed E-state index contributed by atoms with van der Waals surface area (Å²) in [5, 5.41) is 17.0. The first-order valence-corrected chi connectivity index (χ1v) is 6.51. The van der Waals surface area contributed by atoms with Crippen LogP contribution in [0.2, 0.25) is 5.02 Å². The van der Waals surface area contributed by atoms with E-state index in [0.717, 1.165) is 5.56 Å². The first-order valence-electron chi connectivity index (χ1n) is 6.14. The number of carbonyl (C=O) groups excluding carboxylic acids is 2. The third-order valence-electron chi connectivity index (χ3n) is 2.57. The molecule has 1 heterocycles. The molecule has 0 unspecified atom stereocenters. The van der Waals surface area contributed by atoms with Gasteiger partial charge in [0, 0.05) is 24.1 Å². The zero-order valence-corrected chi connectivity index (χ0v) is 12.0. The number of nitrogens with one attached hydrogen (secondary N) is 2. The van der Waals surface area contributed by atoms with Crippen LogP contribution >= 0.6 is 11.6 Å². The van der Waals surface area contributed by atoms with Crippen molar-refractivity contribution in [1.82, 2.24) is 30.8 Å². The number of nitrogens with zero attached hydrogens (tertiary/aromatic N) is 4. The number of halogens is 1. The van der Waals surface area contributed by atoms with E-state index >= 15 is 0 Å². The van der Waals surface area contributed by atoms with Crippen LogP contribution in [-0.4, -0.2) is 39.2 Å². The summed E-state index contributed by atoms with van der Waals surface area (Å²) in [5.74, 6) is 0.0260. The minimum atomic E-state index is -0.548. The van der Waals surface area contributed by atoms with Gasteiger partial charge in [0.15, 0.2) is 0 Å². The van der Waals surface area contributed by atoms with E-state index in [2.05, 4.69) is 26.0 Å². The Morgan fingerprint density at radius 3 is 2.67 bits per heavy atom. The number of imide groups is 1. The fourth-order valence-electron chi connectivity index (χ4n) is 1.51. The Balaban J connectivity index is 1.93. The molecule has 0 saturated carbocycles. The molecule has 0 aliphatic heterocycles. The maximum Gasteiger partial charge on any atom is 0.321 e. The van der Waals surface area contributed by atoms with Crippen molar-refractivity contribution in [2.24, 2.45) is 0 Å². The second kappa shape index (κ2) is 6.80. The van der Waals surface area contributed by atoms with Gasteiger partial charge in [0.2, 0.25) is 11.7 Å². The van der Waals surface area contributed by atoms with E-state index in [1.807, 2.05) is 0 Å². The average Bonchev–Trinajstić information content (AvgIpc) is 2.94. The van der Waals surface area contributed by atoms with Gasteiger partial charge in [-0.1, -0.05) is 11.6 Å². The molecule has 0 atom stereocenters. The highest BCUT2D eigenvalue weighted by molar-refractivity contribution is 6.30. The number of hydrogen-bond donors (Lipinski definition) is 2. The Labute approximate surface area is 125 Å². The summed E-state index contributed by atoms with van der Waals surface area (Å²) in [6, 6.07) is 6.47. The van der Waals surface area contributed by atoms with Gasteiger partial charge in [0.1, 0.15) is 0 Å². The third-order valence-corrected chi connectivity index (χ3v) is 2.83. The van der Waals surface area contributed by atoms with Crippen molar-refractivity contribution in [2.45, 2.75) is 13.0 Å². The summed E-state index contributed by atoms with van der Waals surface area (Å²) in [4.78, 5) is 23.7. The normalized spacial score (nSPS) is 10.2. The molecule has 9 heteroatoms. The second-order valence-electron chi connectivity index (χ2n) is 4.09. The second-order valence-corrected chi connectivity index (χ2v) is 4.53. The standard InChI is InChI=1S/C12H13ClN6O2/c1-14-12(21)15-10(20)6-7-19-17-11(16-18-19)8-2-4-9(13)5-3-8/h2-5H,6-7H2,1H3,(H2,14,15,20,21). The number of carbonyl (C=O) groups is 2. The van der Waals surface area contributed by atoms with Crippen LogP contribution in [0.1, 0.15) is 6.42 Å². The van der Waals surface area contributed by atoms with Crippen LogP contribution in [0.4, 0.5) is 4.79 Å². The summed E-state index contributed by atoms with van der Waals surface area (Å²) in [5.41, 5.74) is 0.778. The van der Waals surface area contributed by atoms with Gasteiger partial charge in [0.05, 0.1) is 6.54 Å². The minimum Gasteiger partial charge on any atom is -0.341 e. The van der Waals surface area contributed by atoms with E-state index in [-0.39, 0.29) is 13.0 Å². The van der Waals surface area contributed by atoms with Gasteiger partial charge in [-0.05, 0) is 29.5 Å². The van der Waals surface area contributed by atoms with Gasteiger partial charge in [-0.3, -0.25) is 10.1 Å². The number of hydrogen-bond acceptors (Lipinski definition) is 5. The predicted molar refractivity (Wildman–Crippen MR) is 75.5 cm³/mol. The van der Waals surface area contributed by atoms with Crippen LogP contribution in [-0.2, 0) is 11.3 Å². The molecule has 0 fully saturated rings. The molecule has 0 aliphatic carbocycles. The van der Waals surface area contributed by atoms with Gasteiger partial charge >= 0.3 is 6.03 Å². The van der Waals surface area contributed by atoms with Crippen molar-refractivity contribution in [3.63, 3.8) is 0 Å². The highest BCUT2D eigenvalue weighted by Gasteiger charge is 2.09. The molecule has 2 aromatic rings. The first kappa shape index (κ1) is 14.9. The molecule has 3 amide bonds. The largest absolute Gasteiger partial charge is 0.341 e. The van der Waals surface area contributed by atoms with Crippen LogP contribution < -0.4 is 10.6 Å². The van der Waals surface area contributed by atoms with Gasteiger partial charge in [-0.25, -0.2) is 4.79 Å². The van der Waals surface area contributed by atoms with Crippen LogP contribution in [0.15, 0.2) is 24.3 Å². The van der Waals surface area contributed by atoms with Crippen molar-refractivity contribution in [2.75, 3.05) is 7.05 Å². The number of amides is 3. The molecule has 21 heavy (non-hydrogen) atoms. The molecule has 8 nitrogen and oxygen atoms in total. The molecule has 1 aromatic heterocycles. The number of aromatic nitrogens is 4. The van der Waals surface area contributed by atoms with Crippen molar-refractivity contribution in [3.05, 3.63) is 29.3 Å². The topological polar surface area (TPSA) is 102 Å². The van der Waals surface area contributed by atoms with E-state index in [0.29, 0.717) is 10.8 Å². The quantitative estimate of drug-likeness (QED) is 0.871. The summed E-state index contributed by atoms with van der Waals surface area (Å²) in [6.07, 6.45) is 0.0733. The Morgan fingerprint density at radius 2 is 2.00 bits per heavy atom. The van der Waals surface area contributed by atoms with E-state index < -0.39 is 11.9 Å². The van der Waals surface area contributed by atoms with E-state index in [1.165, 1.54) is 11.8 Å². The maximum absolute atomic E-state index is 11.4. The third kappa shape index (κ3) is 4.25. The summed E-state index contributed by atoms with van der Waals surface area (Å²) >= 11 is 5.80. The van der Waals surface area contributed by atoms with Crippen LogP contribution in [0.3, 0.4) is 0 Å². The molecular formula is C12H13ClN6O2. The summed E-state index contributed by atoms with van der Waals surface area (Å²) in [7, 11) is 1.43. The lowest BCUT2D eigenvalue weighted by molar-refractivity contribution is -0.120. The lowest BCUT2D eigenvalue weighted by Crippen LogP contribution is -2.37. The smallest absolute Gasteiger partial charge is 0.321 e. The monoisotopic (exact) mass is 308 g/mol. The van der Waals surface area contributed by atoms with Gasteiger partial charge in [-0.15, -0.1) is 10.2 Å². The molecule has 0 saturated heterocycles. The fraction of sp³-hybridized carbons (Fsp3) is 0.250. The number of benzene rings is 1. The summed E-state index contributed by atoms with van der Waals surface area (Å²) in [6.45, 7) is 0.226. The zero-order chi connectivity index (χ0) is 15.2. The molecule has 0 aliphatic rings. The van der Waals surface area contributed by atoms with Crippen LogP contribution in [0, 0.1) is 0 Å². The highest BCUT2D eigenvalue weighted by Crippen LogP contribution is 2.16. The maximum atomic E-state index is 11.4. The highest BCUT2D eigenvalue weighted by atomic mass is 35.5. The SMILES string of the molecule is CNC(=O)NC(=O)CCn1nnc(-c2ccc(Cl)cc2)n1.